The lowest BCUT2D eigenvalue weighted by Gasteiger charge is -2.25. The average molecular weight is 591 g/mol. The lowest BCUT2D eigenvalue weighted by atomic mass is 9.78. The van der Waals surface area contributed by atoms with Crippen LogP contribution in [-0.2, 0) is 0 Å². The number of hydrogen-bond donors (Lipinski definition) is 0. The fourth-order valence-corrected chi connectivity index (χ4v) is 7.92. The Morgan fingerprint density at radius 3 is 1.30 bits per heavy atom. The lowest BCUT2D eigenvalue weighted by molar-refractivity contribution is 1.38. The van der Waals surface area contributed by atoms with Crippen LogP contribution in [0.2, 0.25) is 0 Å². The van der Waals surface area contributed by atoms with E-state index in [1.54, 1.807) is 0 Å². The molecule has 8 rings (SSSR count). The zero-order valence-corrected chi connectivity index (χ0v) is 27.5. The maximum absolute atomic E-state index is 2.41. The Kier molecular flexibility index (Phi) is 6.59. The van der Waals surface area contributed by atoms with Gasteiger partial charge in [0.15, 0.2) is 0 Å². The molecule has 0 fully saturated rings. The molecule has 0 bridgehead atoms. The van der Waals surface area contributed by atoms with Crippen LogP contribution in [0.5, 0.6) is 0 Å². The summed E-state index contributed by atoms with van der Waals surface area (Å²) in [5.74, 6) is 0. The number of hydrogen-bond acceptors (Lipinski definition) is 0. The highest BCUT2D eigenvalue weighted by Crippen LogP contribution is 2.51. The predicted octanol–water partition coefficient (Wildman–Crippen LogP) is 13.2. The number of fused-ring (bicyclic) bond motifs is 6. The first-order valence-electron chi connectivity index (χ1n) is 16.4. The van der Waals surface area contributed by atoms with Gasteiger partial charge in [-0.3, -0.25) is 0 Å². The minimum Gasteiger partial charge on any atom is -0.0622 e. The molecule has 0 heteroatoms. The van der Waals surface area contributed by atoms with Gasteiger partial charge in [-0.15, -0.1) is 0 Å². The maximum Gasteiger partial charge on any atom is -0.00111 e. The quantitative estimate of drug-likeness (QED) is 0.142. The Bertz CT molecular complexity index is 2360. The largest absolute Gasteiger partial charge is 0.0622 e. The fraction of sp³-hybridized carbons (Fsp3) is 0.130. The molecule has 0 atom stereocenters. The van der Waals surface area contributed by atoms with Crippen LogP contribution in [0.15, 0.2) is 121 Å². The second-order valence-electron chi connectivity index (χ2n) is 13.3. The van der Waals surface area contributed by atoms with Gasteiger partial charge in [-0.2, -0.15) is 0 Å². The zero-order chi connectivity index (χ0) is 31.7. The van der Waals surface area contributed by atoms with Crippen molar-refractivity contribution in [2.45, 2.75) is 41.5 Å². The standard InChI is InChI=1S/C46H38/c1-27-15-17-36-25-31(5)41-44(38(36)23-27)43(35-21-19-34(20-22-35)33-13-8-7-9-14-33)45-39-24-28(2)16-18-37(39)26-32(6)42(45)46(41)40-29(3)11-10-12-30(40)4/h7-26H,1-6H3. The van der Waals surface area contributed by atoms with Gasteiger partial charge in [0.1, 0.15) is 0 Å². The molecule has 46 heavy (non-hydrogen) atoms. The SMILES string of the molecule is Cc1ccc2cc(C)c3c(-c4c(C)cccc4C)c4c(C)cc5ccc(C)cc5c4c(-c4ccc(-c5ccccc5)cc4)c3c2c1. The van der Waals surface area contributed by atoms with Crippen LogP contribution in [0.25, 0.3) is 76.5 Å². The Morgan fingerprint density at radius 2 is 0.783 bits per heavy atom. The van der Waals surface area contributed by atoms with Crippen molar-refractivity contribution in [2.24, 2.45) is 0 Å². The van der Waals surface area contributed by atoms with E-state index in [1.165, 1.54) is 110 Å². The molecule has 0 amide bonds. The highest BCUT2D eigenvalue weighted by molar-refractivity contribution is 6.33. The van der Waals surface area contributed by atoms with E-state index in [0.29, 0.717) is 0 Å². The molecule has 8 aromatic carbocycles. The Morgan fingerprint density at radius 1 is 0.304 bits per heavy atom. The van der Waals surface area contributed by atoms with E-state index in [4.69, 9.17) is 0 Å². The third kappa shape index (κ3) is 4.36. The van der Waals surface area contributed by atoms with Crippen molar-refractivity contribution in [3.05, 3.63) is 155 Å². The summed E-state index contributed by atoms with van der Waals surface area (Å²) in [5, 5.41) is 10.6. The summed E-state index contributed by atoms with van der Waals surface area (Å²) in [7, 11) is 0. The van der Waals surface area contributed by atoms with Crippen molar-refractivity contribution in [2.75, 3.05) is 0 Å². The first-order chi connectivity index (χ1) is 22.3. The molecule has 222 valence electrons. The molecular formula is C46H38. The van der Waals surface area contributed by atoms with Gasteiger partial charge in [-0.05, 0) is 140 Å². The van der Waals surface area contributed by atoms with Crippen molar-refractivity contribution >= 4 is 43.1 Å². The summed E-state index contributed by atoms with van der Waals surface area (Å²) < 4.78 is 0. The zero-order valence-electron chi connectivity index (χ0n) is 27.5. The summed E-state index contributed by atoms with van der Waals surface area (Å²) in [6, 6.07) is 45.5. The molecule has 0 saturated carbocycles. The van der Waals surface area contributed by atoms with E-state index in [1.807, 2.05) is 0 Å². The second-order valence-corrected chi connectivity index (χ2v) is 13.3. The molecule has 0 N–H and O–H groups in total. The van der Waals surface area contributed by atoms with Crippen LogP contribution >= 0.6 is 0 Å². The summed E-state index contributed by atoms with van der Waals surface area (Å²) in [4.78, 5) is 0. The van der Waals surface area contributed by atoms with Crippen LogP contribution in [0.3, 0.4) is 0 Å². The highest BCUT2D eigenvalue weighted by atomic mass is 14.3. The van der Waals surface area contributed by atoms with E-state index in [0.717, 1.165) is 0 Å². The average Bonchev–Trinajstić information content (AvgIpc) is 3.05. The molecular weight excluding hydrogens is 553 g/mol. The minimum atomic E-state index is 1.24. The van der Waals surface area contributed by atoms with Gasteiger partial charge in [-0.1, -0.05) is 132 Å². The summed E-state index contributed by atoms with van der Waals surface area (Å²) in [6.07, 6.45) is 0. The van der Waals surface area contributed by atoms with E-state index in [-0.39, 0.29) is 0 Å². The van der Waals surface area contributed by atoms with Gasteiger partial charge >= 0.3 is 0 Å². The van der Waals surface area contributed by atoms with E-state index < -0.39 is 0 Å². The first-order valence-corrected chi connectivity index (χ1v) is 16.4. The first kappa shape index (κ1) is 28.3. The van der Waals surface area contributed by atoms with Crippen LogP contribution in [0.4, 0.5) is 0 Å². The maximum atomic E-state index is 2.41. The molecule has 0 radical (unpaired) electrons. The van der Waals surface area contributed by atoms with Crippen LogP contribution < -0.4 is 0 Å². The predicted molar refractivity (Wildman–Crippen MR) is 201 cm³/mol. The van der Waals surface area contributed by atoms with Crippen molar-refractivity contribution in [3.63, 3.8) is 0 Å². The molecule has 0 aliphatic rings. The highest BCUT2D eigenvalue weighted by Gasteiger charge is 2.25. The molecule has 0 unspecified atom stereocenters. The van der Waals surface area contributed by atoms with Gasteiger partial charge in [0.2, 0.25) is 0 Å². The van der Waals surface area contributed by atoms with Crippen LogP contribution in [0, 0.1) is 41.5 Å². The molecule has 0 nitrogen and oxygen atoms in total. The Balaban J connectivity index is 1.68. The molecule has 0 aliphatic carbocycles. The molecule has 0 heterocycles. The topological polar surface area (TPSA) is 0 Å². The van der Waals surface area contributed by atoms with Gasteiger partial charge in [-0.25, -0.2) is 0 Å². The van der Waals surface area contributed by atoms with Crippen molar-refractivity contribution in [1.29, 1.82) is 0 Å². The smallest absolute Gasteiger partial charge is 0.00111 e. The molecule has 0 aliphatic heterocycles. The number of aryl methyl sites for hydroxylation is 6. The van der Waals surface area contributed by atoms with Crippen molar-refractivity contribution in [1.82, 2.24) is 0 Å². The van der Waals surface area contributed by atoms with E-state index in [9.17, 15) is 0 Å². The molecule has 0 saturated heterocycles. The van der Waals surface area contributed by atoms with E-state index >= 15 is 0 Å². The fourth-order valence-electron chi connectivity index (χ4n) is 7.92. The second kappa shape index (κ2) is 10.7. The van der Waals surface area contributed by atoms with Crippen molar-refractivity contribution < 1.29 is 0 Å². The Hall–Kier alpha value is -5.20. The molecule has 0 aromatic heterocycles. The summed E-state index contributed by atoms with van der Waals surface area (Å²) in [6.45, 7) is 13.6. The normalized spacial score (nSPS) is 11.7. The molecule has 0 spiro atoms. The summed E-state index contributed by atoms with van der Waals surface area (Å²) >= 11 is 0. The van der Waals surface area contributed by atoms with Gasteiger partial charge in [0, 0.05) is 0 Å². The third-order valence-corrected chi connectivity index (χ3v) is 10.0. The van der Waals surface area contributed by atoms with Gasteiger partial charge in [0.25, 0.3) is 0 Å². The third-order valence-electron chi connectivity index (χ3n) is 10.0. The number of rotatable bonds is 3. The molecule has 8 aromatic rings. The van der Waals surface area contributed by atoms with Gasteiger partial charge in [0.05, 0.1) is 0 Å². The minimum absolute atomic E-state index is 1.24. The van der Waals surface area contributed by atoms with Crippen LogP contribution in [-0.4, -0.2) is 0 Å². The number of benzene rings is 8. The van der Waals surface area contributed by atoms with Crippen molar-refractivity contribution in [3.8, 4) is 33.4 Å². The van der Waals surface area contributed by atoms with Crippen LogP contribution in [0.1, 0.15) is 33.4 Å². The Labute approximate surface area is 272 Å². The monoisotopic (exact) mass is 590 g/mol. The lowest BCUT2D eigenvalue weighted by Crippen LogP contribution is -1.99. The van der Waals surface area contributed by atoms with Gasteiger partial charge < -0.3 is 0 Å². The summed E-state index contributed by atoms with van der Waals surface area (Å²) in [5.41, 5.74) is 15.6. The van der Waals surface area contributed by atoms with E-state index in [2.05, 4.69) is 163 Å².